The Hall–Kier alpha value is -1.22. The van der Waals surface area contributed by atoms with Gasteiger partial charge in [0.15, 0.2) is 0 Å². The summed E-state index contributed by atoms with van der Waals surface area (Å²) in [4.78, 5) is 0. The van der Waals surface area contributed by atoms with E-state index in [1.807, 2.05) is 11.4 Å². The summed E-state index contributed by atoms with van der Waals surface area (Å²) in [5.74, 6) is -0.219. The van der Waals surface area contributed by atoms with Gasteiger partial charge < -0.3 is 0 Å². The second kappa shape index (κ2) is 3.03. The Balaban J connectivity index is 2.55. The maximum absolute atomic E-state index is 13.1. The van der Waals surface area contributed by atoms with Crippen LogP contribution in [0.3, 0.4) is 0 Å². The average Bonchev–Trinajstić information content (AvgIpc) is 2.57. The Kier molecular flexibility index (Phi) is 1.87. The fourth-order valence-corrected chi connectivity index (χ4v) is 1.54. The number of halogens is 1. The summed E-state index contributed by atoms with van der Waals surface area (Å²) in [6.45, 7) is 0. The molecule has 1 heterocycles. The minimum absolute atomic E-state index is 0.219. The summed E-state index contributed by atoms with van der Waals surface area (Å²) in [6, 6.07) is 8.45. The van der Waals surface area contributed by atoms with Crippen LogP contribution in [0.1, 0.15) is 0 Å². The Labute approximate surface area is 73.7 Å². The molecule has 12 heavy (non-hydrogen) atoms. The van der Waals surface area contributed by atoms with Gasteiger partial charge in [0.25, 0.3) is 0 Å². The predicted molar refractivity (Wildman–Crippen MR) is 47.5 cm³/mol. The molecule has 2 aromatic rings. The predicted octanol–water partition coefficient (Wildman–Crippen LogP) is 2.95. The van der Waals surface area contributed by atoms with Gasteiger partial charge in [0.05, 0.1) is 5.69 Å². The number of benzene rings is 1. The number of hydrogen-bond donors (Lipinski definition) is 0. The molecule has 0 N–H and O–H groups in total. The van der Waals surface area contributed by atoms with Crippen molar-refractivity contribution >= 4 is 11.5 Å². The van der Waals surface area contributed by atoms with Gasteiger partial charge in [0.2, 0.25) is 0 Å². The molecular weight excluding hydrogens is 173 g/mol. The normalized spacial score (nSPS) is 10.1. The summed E-state index contributed by atoms with van der Waals surface area (Å²) < 4.78 is 17.2. The van der Waals surface area contributed by atoms with E-state index in [9.17, 15) is 4.39 Å². The Morgan fingerprint density at radius 3 is 2.67 bits per heavy atom. The minimum Gasteiger partial charge on any atom is -0.206 e. The molecule has 0 bridgehead atoms. The van der Waals surface area contributed by atoms with Gasteiger partial charge in [-0.25, -0.2) is 4.39 Å². The van der Waals surface area contributed by atoms with E-state index in [2.05, 4.69) is 4.37 Å². The zero-order chi connectivity index (χ0) is 8.39. The van der Waals surface area contributed by atoms with E-state index >= 15 is 0 Å². The Morgan fingerprint density at radius 2 is 2.00 bits per heavy atom. The second-order valence-corrected chi connectivity index (χ2v) is 3.03. The van der Waals surface area contributed by atoms with Crippen molar-refractivity contribution in [3.8, 4) is 11.3 Å². The number of hydrogen-bond acceptors (Lipinski definition) is 2. The highest BCUT2D eigenvalue weighted by atomic mass is 32.1. The molecule has 1 aromatic carbocycles. The lowest BCUT2D eigenvalue weighted by molar-refractivity contribution is 0.631. The molecule has 1 aromatic heterocycles. The first-order chi connectivity index (χ1) is 5.88. The molecule has 0 fully saturated rings. The fraction of sp³-hybridized carbons (Fsp3) is 0. The zero-order valence-electron chi connectivity index (χ0n) is 6.20. The maximum Gasteiger partial charge on any atom is 0.132 e. The molecular formula is C9H6FNS. The quantitative estimate of drug-likeness (QED) is 0.655. The van der Waals surface area contributed by atoms with E-state index in [4.69, 9.17) is 0 Å². The van der Waals surface area contributed by atoms with Gasteiger partial charge in [-0.2, -0.15) is 4.37 Å². The van der Waals surface area contributed by atoms with Crippen LogP contribution < -0.4 is 0 Å². The average molecular weight is 179 g/mol. The van der Waals surface area contributed by atoms with E-state index < -0.39 is 0 Å². The molecule has 0 radical (unpaired) electrons. The van der Waals surface area contributed by atoms with Crippen molar-refractivity contribution in [2.45, 2.75) is 0 Å². The van der Waals surface area contributed by atoms with Crippen molar-refractivity contribution in [1.29, 1.82) is 0 Å². The summed E-state index contributed by atoms with van der Waals surface area (Å²) in [5, 5.41) is 1.84. The van der Waals surface area contributed by atoms with Crippen molar-refractivity contribution in [1.82, 2.24) is 4.37 Å². The van der Waals surface area contributed by atoms with E-state index in [1.165, 1.54) is 17.6 Å². The van der Waals surface area contributed by atoms with Crippen molar-refractivity contribution in [3.63, 3.8) is 0 Å². The molecule has 0 aliphatic carbocycles. The standard InChI is InChI=1S/C9H6FNS/c10-8-4-2-1-3-7(8)9-5-6-12-11-9/h1-6H. The van der Waals surface area contributed by atoms with E-state index in [0.29, 0.717) is 11.3 Å². The largest absolute Gasteiger partial charge is 0.206 e. The van der Waals surface area contributed by atoms with E-state index in [-0.39, 0.29) is 5.82 Å². The van der Waals surface area contributed by atoms with E-state index in [0.717, 1.165) is 0 Å². The zero-order valence-corrected chi connectivity index (χ0v) is 7.01. The van der Waals surface area contributed by atoms with Gasteiger partial charge in [-0.15, -0.1) is 0 Å². The lowest BCUT2D eigenvalue weighted by Crippen LogP contribution is -1.81. The smallest absolute Gasteiger partial charge is 0.132 e. The lowest BCUT2D eigenvalue weighted by Gasteiger charge is -1.96. The van der Waals surface area contributed by atoms with Crippen LogP contribution in [0.2, 0.25) is 0 Å². The van der Waals surface area contributed by atoms with Crippen LogP contribution in [-0.2, 0) is 0 Å². The van der Waals surface area contributed by atoms with Gasteiger partial charge in [-0.1, -0.05) is 12.1 Å². The van der Waals surface area contributed by atoms with Crippen molar-refractivity contribution < 1.29 is 4.39 Å². The van der Waals surface area contributed by atoms with Gasteiger partial charge >= 0.3 is 0 Å². The number of aromatic nitrogens is 1. The Bertz CT molecular complexity index is 370. The topological polar surface area (TPSA) is 12.9 Å². The molecule has 1 nitrogen and oxygen atoms in total. The van der Waals surface area contributed by atoms with Crippen molar-refractivity contribution in [2.24, 2.45) is 0 Å². The highest BCUT2D eigenvalue weighted by molar-refractivity contribution is 7.03. The molecule has 0 spiro atoms. The third-order valence-corrected chi connectivity index (χ3v) is 2.15. The molecule has 0 unspecified atom stereocenters. The summed E-state index contributed by atoms with van der Waals surface area (Å²) in [7, 11) is 0. The first kappa shape index (κ1) is 7.43. The summed E-state index contributed by atoms with van der Waals surface area (Å²) >= 11 is 1.33. The summed E-state index contributed by atoms with van der Waals surface area (Å²) in [5.41, 5.74) is 1.27. The third-order valence-electron chi connectivity index (χ3n) is 1.59. The molecule has 2 rings (SSSR count). The first-order valence-corrected chi connectivity index (χ1v) is 4.37. The van der Waals surface area contributed by atoms with Gasteiger partial charge in [0.1, 0.15) is 5.82 Å². The minimum atomic E-state index is -0.219. The van der Waals surface area contributed by atoms with Crippen LogP contribution in [-0.4, -0.2) is 4.37 Å². The van der Waals surface area contributed by atoms with Crippen molar-refractivity contribution in [2.75, 3.05) is 0 Å². The van der Waals surface area contributed by atoms with E-state index in [1.54, 1.807) is 18.2 Å². The SMILES string of the molecule is Fc1ccccc1-c1ccsn1. The molecule has 0 aliphatic heterocycles. The van der Waals surface area contributed by atoms with Gasteiger partial charge in [-0.3, -0.25) is 0 Å². The van der Waals surface area contributed by atoms with Gasteiger partial charge in [0, 0.05) is 10.9 Å². The first-order valence-electron chi connectivity index (χ1n) is 3.53. The van der Waals surface area contributed by atoms with Crippen molar-refractivity contribution in [3.05, 3.63) is 41.5 Å². The Morgan fingerprint density at radius 1 is 1.17 bits per heavy atom. The van der Waals surface area contributed by atoms with Crippen LogP contribution in [0, 0.1) is 5.82 Å². The van der Waals surface area contributed by atoms with Crippen LogP contribution in [0.25, 0.3) is 11.3 Å². The molecule has 0 saturated carbocycles. The van der Waals surface area contributed by atoms with Crippen LogP contribution >= 0.6 is 11.5 Å². The molecule has 60 valence electrons. The molecule has 0 aliphatic rings. The van der Waals surface area contributed by atoms with Gasteiger partial charge in [-0.05, 0) is 29.7 Å². The second-order valence-electron chi connectivity index (χ2n) is 2.36. The summed E-state index contributed by atoms with van der Waals surface area (Å²) in [6.07, 6.45) is 0. The van der Waals surface area contributed by atoms with Crippen LogP contribution in [0.4, 0.5) is 4.39 Å². The maximum atomic E-state index is 13.1. The molecule has 0 saturated heterocycles. The number of nitrogens with zero attached hydrogens (tertiary/aromatic N) is 1. The van der Waals surface area contributed by atoms with Crippen LogP contribution in [0.15, 0.2) is 35.7 Å². The molecule has 3 heteroatoms. The monoisotopic (exact) mass is 179 g/mol. The lowest BCUT2D eigenvalue weighted by atomic mass is 10.1. The highest BCUT2D eigenvalue weighted by Gasteiger charge is 2.04. The highest BCUT2D eigenvalue weighted by Crippen LogP contribution is 2.21. The number of rotatable bonds is 1. The van der Waals surface area contributed by atoms with Crippen LogP contribution in [0.5, 0.6) is 0 Å². The molecule has 0 amide bonds. The molecule has 0 atom stereocenters. The fourth-order valence-electron chi connectivity index (χ4n) is 1.02. The third kappa shape index (κ3) is 1.23.